The Morgan fingerprint density at radius 1 is 1.50 bits per heavy atom. The van der Waals surface area contributed by atoms with Crippen LogP contribution in [0, 0.1) is 0 Å². The molecule has 0 aromatic carbocycles. The van der Waals surface area contributed by atoms with Crippen LogP contribution in [-0.2, 0) is 4.74 Å². The van der Waals surface area contributed by atoms with E-state index in [1.54, 1.807) is 7.11 Å². The molecule has 0 aromatic heterocycles. The molecule has 0 rings (SSSR count). The number of hydrogen-bond donors (Lipinski definition) is 0. The Morgan fingerprint density at radius 3 is 2.60 bits per heavy atom. The highest BCUT2D eigenvalue weighted by Crippen LogP contribution is 1.98. The van der Waals surface area contributed by atoms with Gasteiger partial charge >= 0.3 is 0 Å². The Balaban J connectivity index is 3.63. The van der Waals surface area contributed by atoms with Crippen LogP contribution in [0.5, 0.6) is 0 Å². The third-order valence-corrected chi connectivity index (χ3v) is 1.26. The van der Waals surface area contributed by atoms with Gasteiger partial charge in [0.25, 0.3) is 0 Å². The summed E-state index contributed by atoms with van der Waals surface area (Å²) >= 11 is 0. The topological polar surface area (TPSA) is 9.23 Å². The van der Waals surface area contributed by atoms with Gasteiger partial charge in [0.15, 0.2) is 0 Å². The van der Waals surface area contributed by atoms with E-state index in [-0.39, 0.29) is 0 Å². The second-order valence-electron chi connectivity index (χ2n) is 2.09. The van der Waals surface area contributed by atoms with E-state index in [2.05, 4.69) is 13.0 Å². The van der Waals surface area contributed by atoms with Gasteiger partial charge in [0.1, 0.15) is 5.76 Å². The highest BCUT2D eigenvalue weighted by atomic mass is 16.5. The monoisotopic (exact) mass is 140 g/mol. The zero-order valence-electron chi connectivity index (χ0n) is 7.05. The minimum absolute atomic E-state index is 0.938. The lowest BCUT2D eigenvalue weighted by Crippen LogP contribution is -1.78. The van der Waals surface area contributed by atoms with E-state index >= 15 is 0 Å². The average Bonchev–Trinajstić information content (AvgIpc) is 1.99. The molecule has 0 atom stereocenters. The van der Waals surface area contributed by atoms with Gasteiger partial charge in [-0.2, -0.15) is 0 Å². The van der Waals surface area contributed by atoms with Crippen molar-refractivity contribution < 1.29 is 4.74 Å². The summed E-state index contributed by atoms with van der Waals surface area (Å²) in [7, 11) is 1.69. The van der Waals surface area contributed by atoms with Crippen molar-refractivity contribution in [2.45, 2.75) is 26.7 Å². The summed E-state index contributed by atoms with van der Waals surface area (Å²) in [6.07, 6.45) is 8.40. The molecule has 0 saturated carbocycles. The molecule has 0 radical (unpaired) electrons. The fourth-order valence-corrected chi connectivity index (χ4v) is 0.648. The molecule has 0 fully saturated rings. The van der Waals surface area contributed by atoms with Crippen LogP contribution < -0.4 is 0 Å². The number of rotatable bonds is 4. The van der Waals surface area contributed by atoms with Gasteiger partial charge in [-0.1, -0.05) is 19.4 Å². The number of hydrogen-bond acceptors (Lipinski definition) is 1. The maximum Gasteiger partial charge on any atom is 0.114 e. The molecule has 10 heavy (non-hydrogen) atoms. The molecule has 0 heterocycles. The van der Waals surface area contributed by atoms with Gasteiger partial charge in [0.2, 0.25) is 0 Å². The van der Waals surface area contributed by atoms with Gasteiger partial charge in [-0.25, -0.2) is 0 Å². The zero-order valence-corrected chi connectivity index (χ0v) is 7.05. The van der Waals surface area contributed by atoms with Gasteiger partial charge in [-0.3, -0.25) is 0 Å². The molecule has 0 amide bonds. The summed E-state index contributed by atoms with van der Waals surface area (Å²) in [5.41, 5.74) is 0. The molecular formula is C9H16O. The molecule has 0 N–H and O–H groups in total. The Morgan fingerprint density at radius 2 is 2.20 bits per heavy atom. The van der Waals surface area contributed by atoms with Gasteiger partial charge in [0.05, 0.1) is 7.11 Å². The van der Waals surface area contributed by atoms with Crippen LogP contribution >= 0.6 is 0 Å². The lowest BCUT2D eigenvalue weighted by molar-refractivity contribution is 0.306. The molecule has 0 spiro atoms. The van der Waals surface area contributed by atoms with Crippen molar-refractivity contribution in [3.63, 3.8) is 0 Å². The number of methoxy groups -OCH3 is 1. The maximum atomic E-state index is 5.02. The van der Waals surface area contributed by atoms with Crippen LogP contribution in [0.3, 0.4) is 0 Å². The summed E-state index contributed by atoms with van der Waals surface area (Å²) < 4.78 is 5.02. The van der Waals surface area contributed by atoms with Crippen molar-refractivity contribution in [3.05, 3.63) is 24.0 Å². The fraction of sp³-hybridized carbons (Fsp3) is 0.556. The van der Waals surface area contributed by atoms with E-state index in [9.17, 15) is 0 Å². The highest BCUT2D eigenvalue weighted by molar-refractivity contribution is 5.10. The molecule has 0 bridgehead atoms. The standard InChI is InChI=1S/C9H16O/c1-4-6-7-8-9(5-2)10-3/h5,7-8H,4,6H2,1-3H3. The molecule has 58 valence electrons. The van der Waals surface area contributed by atoms with Gasteiger partial charge in [-0.15, -0.1) is 0 Å². The fourth-order valence-electron chi connectivity index (χ4n) is 0.648. The Bertz CT molecular complexity index is 123. The van der Waals surface area contributed by atoms with E-state index in [4.69, 9.17) is 4.74 Å². The third-order valence-electron chi connectivity index (χ3n) is 1.26. The van der Waals surface area contributed by atoms with Gasteiger partial charge < -0.3 is 4.74 Å². The minimum atomic E-state index is 0.938. The predicted molar refractivity (Wildman–Crippen MR) is 44.8 cm³/mol. The SMILES string of the molecule is CC=C(C=CCCC)OC. The molecule has 1 nitrogen and oxygen atoms in total. The number of unbranched alkanes of at least 4 members (excludes halogenated alkanes) is 1. The molecule has 1 heteroatoms. The molecule has 0 aliphatic rings. The quantitative estimate of drug-likeness (QED) is 0.431. The lowest BCUT2D eigenvalue weighted by atomic mass is 10.3. The summed E-state index contributed by atoms with van der Waals surface area (Å²) in [6, 6.07) is 0. The van der Waals surface area contributed by atoms with E-state index in [0.29, 0.717) is 0 Å². The van der Waals surface area contributed by atoms with Crippen molar-refractivity contribution in [3.8, 4) is 0 Å². The highest BCUT2D eigenvalue weighted by Gasteiger charge is 1.82. The second kappa shape index (κ2) is 6.40. The van der Waals surface area contributed by atoms with E-state index in [1.165, 1.54) is 6.42 Å². The smallest absolute Gasteiger partial charge is 0.114 e. The van der Waals surface area contributed by atoms with E-state index in [0.717, 1.165) is 12.2 Å². The van der Waals surface area contributed by atoms with Crippen molar-refractivity contribution in [2.24, 2.45) is 0 Å². The van der Waals surface area contributed by atoms with Crippen molar-refractivity contribution in [2.75, 3.05) is 7.11 Å². The first-order valence-corrected chi connectivity index (χ1v) is 3.72. The molecule has 0 saturated heterocycles. The summed E-state index contributed by atoms with van der Waals surface area (Å²) in [5, 5.41) is 0. The third kappa shape index (κ3) is 4.19. The van der Waals surface area contributed by atoms with Crippen molar-refractivity contribution in [1.82, 2.24) is 0 Å². The molecule has 0 aromatic rings. The van der Waals surface area contributed by atoms with Crippen LogP contribution in [0.25, 0.3) is 0 Å². The summed E-state index contributed by atoms with van der Waals surface area (Å²) in [4.78, 5) is 0. The van der Waals surface area contributed by atoms with Crippen LogP contribution in [0.4, 0.5) is 0 Å². The first-order chi connectivity index (χ1) is 4.85. The molecule has 0 unspecified atom stereocenters. The number of allylic oxidation sites excluding steroid dienone is 3. The molecule has 0 aliphatic heterocycles. The summed E-state index contributed by atoms with van der Waals surface area (Å²) in [5.74, 6) is 0.938. The summed E-state index contributed by atoms with van der Waals surface area (Å²) in [6.45, 7) is 4.13. The Hall–Kier alpha value is -0.720. The van der Waals surface area contributed by atoms with Gasteiger partial charge in [-0.05, 0) is 25.5 Å². The van der Waals surface area contributed by atoms with E-state index < -0.39 is 0 Å². The Labute approximate surface area is 63.4 Å². The van der Waals surface area contributed by atoms with Crippen LogP contribution in [0.15, 0.2) is 24.0 Å². The van der Waals surface area contributed by atoms with Crippen molar-refractivity contribution >= 4 is 0 Å². The normalized spacial score (nSPS) is 12.5. The van der Waals surface area contributed by atoms with Crippen LogP contribution in [-0.4, -0.2) is 7.11 Å². The van der Waals surface area contributed by atoms with E-state index in [1.807, 2.05) is 19.1 Å². The minimum Gasteiger partial charge on any atom is -0.497 e. The second-order valence-corrected chi connectivity index (χ2v) is 2.09. The first kappa shape index (κ1) is 9.28. The average molecular weight is 140 g/mol. The van der Waals surface area contributed by atoms with Gasteiger partial charge in [0, 0.05) is 0 Å². The number of ether oxygens (including phenoxy) is 1. The lowest BCUT2D eigenvalue weighted by Gasteiger charge is -1.96. The first-order valence-electron chi connectivity index (χ1n) is 3.72. The van der Waals surface area contributed by atoms with Crippen LogP contribution in [0.2, 0.25) is 0 Å². The predicted octanol–water partition coefficient (Wildman–Crippen LogP) is 2.89. The van der Waals surface area contributed by atoms with Crippen LogP contribution in [0.1, 0.15) is 26.7 Å². The molecular weight excluding hydrogens is 124 g/mol. The largest absolute Gasteiger partial charge is 0.497 e. The van der Waals surface area contributed by atoms with Crippen molar-refractivity contribution in [1.29, 1.82) is 0 Å². The molecule has 0 aliphatic carbocycles. The maximum absolute atomic E-state index is 5.02. The Kier molecular flexibility index (Phi) is 5.94. The zero-order chi connectivity index (χ0) is 7.82.